The summed E-state index contributed by atoms with van der Waals surface area (Å²) in [7, 11) is 0. The Hall–Kier alpha value is 0.01000. The lowest BCUT2D eigenvalue weighted by molar-refractivity contribution is 0.170. The molecule has 0 fully saturated rings. The summed E-state index contributed by atoms with van der Waals surface area (Å²) >= 11 is 5.07. The third-order valence-electron chi connectivity index (χ3n) is 3.73. The summed E-state index contributed by atoms with van der Waals surface area (Å²) in [5.41, 5.74) is -0.685. The van der Waals surface area contributed by atoms with Crippen LogP contribution in [0.25, 0.3) is 0 Å². The molecule has 0 bridgehead atoms. The van der Waals surface area contributed by atoms with Gasteiger partial charge < -0.3 is 9.64 Å². The molecule has 0 atom stereocenters. The van der Waals surface area contributed by atoms with E-state index in [2.05, 4.69) is 23.5 Å². The molecule has 21 heavy (non-hydrogen) atoms. The van der Waals surface area contributed by atoms with Crippen molar-refractivity contribution in [2.24, 2.45) is 0 Å². The van der Waals surface area contributed by atoms with Gasteiger partial charge in [-0.3, -0.25) is 0 Å². The Morgan fingerprint density at radius 2 is 1.29 bits per heavy atom. The van der Waals surface area contributed by atoms with E-state index in [9.17, 15) is 4.79 Å². The zero-order chi connectivity index (χ0) is 15.1. The van der Waals surface area contributed by atoms with E-state index in [0.717, 1.165) is 12.8 Å². The Bertz CT molecular complexity index is 224. The molecule has 0 aliphatic rings. The van der Waals surface area contributed by atoms with E-state index in [-0.39, 0.29) is 12.4 Å². The predicted octanol–water partition coefficient (Wildman–Crippen LogP) is 5.64. The van der Waals surface area contributed by atoms with Crippen LogP contribution in [0.4, 0.5) is 4.79 Å². The van der Waals surface area contributed by atoms with Crippen LogP contribution in [0.3, 0.4) is 0 Å². The van der Waals surface area contributed by atoms with Crippen molar-refractivity contribution < 1.29 is 9.53 Å². The molecule has 0 rings (SSSR count). The number of hydrogen-bond donors (Lipinski definition) is 0. The third kappa shape index (κ3) is 18.0. The van der Waals surface area contributed by atoms with Crippen molar-refractivity contribution in [1.29, 1.82) is 0 Å². The SMILES string of the molecule is CCN(CC)CCCCCCCCCCCOC(=O)Cl.Cl. The van der Waals surface area contributed by atoms with E-state index >= 15 is 0 Å². The molecule has 0 aliphatic carbocycles. The molecular formula is C16H33Cl2NO2. The lowest BCUT2D eigenvalue weighted by Gasteiger charge is -2.17. The van der Waals surface area contributed by atoms with E-state index in [4.69, 9.17) is 11.6 Å². The molecule has 0 aromatic rings. The zero-order valence-electron chi connectivity index (χ0n) is 13.7. The fourth-order valence-corrected chi connectivity index (χ4v) is 2.44. The molecule has 0 aliphatic heterocycles. The predicted molar refractivity (Wildman–Crippen MR) is 93.8 cm³/mol. The maximum Gasteiger partial charge on any atom is 0.403 e. The van der Waals surface area contributed by atoms with Gasteiger partial charge in [-0.25, -0.2) is 4.79 Å². The average molecular weight is 342 g/mol. The van der Waals surface area contributed by atoms with Crippen LogP contribution in [-0.4, -0.2) is 36.6 Å². The molecule has 0 heterocycles. The largest absolute Gasteiger partial charge is 0.454 e. The fraction of sp³-hybridized carbons (Fsp3) is 0.938. The number of carbonyl (C=O) groups is 1. The van der Waals surface area contributed by atoms with Crippen LogP contribution in [0, 0.1) is 0 Å². The highest BCUT2D eigenvalue weighted by molar-refractivity contribution is 6.61. The molecule has 0 aromatic carbocycles. The molecule has 0 amide bonds. The highest BCUT2D eigenvalue weighted by Crippen LogP contribution is 2.10. The lowest BCUT2D eigenvalue weighted by atomic mass is 10.1. The van der Waals surface area contributed by atoms with Gasteiger partial charge in [-0.1, -0.05) is 58.8 Å². The van der Waals surface area contributed by atoms with E-state index < -0.39 is 5.43 Å². The maximum absolute atomic E-state index is 10.3. The first-order chi connectivity index (χ1) is 9.70. The first kappa shape index (κ1) is 23.3. The van der Waals surface area contributed by atoms with Gasteiger partial charge in [-0.2, -0.15) is 0 Å². The quantitative estimate of drug-likeness (QED) is 0.302. The van der Waals surface area contributed by atoms with Crippen molar-refractivity contribution >= 4 is 29.4 Å². The number of ether oxygens (including phenoxy) is 1. The highest BCUT2D eigenvalue weighted by Gasteiger charge is 1.98. The van der Waals surface area contributed by atoms with Crippen LogP contribution in [0.15, 0.2) is 0 Å². The molecule has 0 aromatic heterocycles. The molecule has 0 N–H and O–H groups in total. The summed E-state index contributed by atoms with van der Waals surface area (Å²) < 4.78 is 4.67. The Balaban J connectivity index is 0. The summed E-state index contributed by atoms with van der Waals surface area (Å²) in [5, 5.41) is 0. The van der Waals surface area contributed by atoms with Crippen LogP contribution in [0.2, 0.25) is 0 Å². The number of hydrogen-bond acceptors (Lipinski definition) is 3. The Kier molecular flexibility index (Phi) is 20.0. The van der Waals surface area contributed by atoms with Crippen LogP contribution in [0.5, 0.6) is 0 Å². The van der Waals surface area contributed by atoms with Gasteiger partial charge in [-0.05, 0) is 32.5 Å². The second-order valence-corrected chi connectivity index (χ2v) is 5.60. The minimum atomic E-state index is -0.685. The molecular weight excluding hydrogens is 309 g/mol. The number of unbranched alkanes of at least 4 members (excludes halogenated alkanes) is 8. The zero-order valence-corrected chi connectivity index (χ0v) is 15.3. The standard InChI is InChI=1S/C16H32ClNO2.ClH/c1-3-18(4-2)14-12-10-8-6-5-7-9-11-13-15-20-16(17)19;/h3-15H2,1-2H3;1H. The molecule has 0 unspecified atom stereocenters. The average Bonchev–Trinajstić information content (AvgIpc) is 2.44. The van der Waals surface area contributed by atoms with Crippen LogP contribution in [-0.2, 0) is 4.74 Å². The number of halogens is 2. The molecule has 0 saturated heterocycles. The van der Waals surface area contributed by atoms with Gasteiger partial charge in [0.1, 0.15) is 0 Å². The summed E-state index contributed by atoms with van der Waals surface area (Å²) in [6.45, 7) is 8.54. The summed E-state index contributed by atoms with van der Waals surface area (Å²) in [4.78, 5) is 12.8. The minimum absolute atomic E-state index is 0. The summed E-state index contributed by atoms with van der Waals surface area (Å²) in [6, 6.07) is 0. The Labute approximate surface area is 142 Å². The van der Waals surface area contributed by atoms with Crippen molar-refractivity contribution in [3.8, 4) is 0 Å². The van der Waals surface area contributed by atoms with Crippen molar-refractivity contribution in [3.63, 3.8) is 0 Å². The van der Waals surface area contributed by atoms with Crippen molar-refractivity contribution in [2.75, 3.05) is 26.2 Å². The number of carbonyl (C=O) groups excluding carboxylic acids is 1. The van der Waals surface area contributed by atoms with Crippen LogP contribution >= 0.6 is 24.0 Å². The molecule has 128 valence electrons. The van der Waals surface area contributed by atoms with E-state index in [1.165, 1.54) is 64.6 Å². The van der Waals surface area contributed by atoms with Crippen LogP contribution in [0.1, 0.15) is 71.6 Å². The van der Waals surface area contributed by atoms with Gasteiger partial charge in [0, 0.05) is 11.6 Å². The summed E-state index contributed by atoms with van der Waals surface area (Å²) in [5.74, 6) is 0. The Morgan fingerprint density at radius 3 is 1.71 bits per heavy atom. The van der Waals surface area contributed by atoms with Crippen molar-refractivity contribution in [2.45, 2.75) is 71.6 Å². The molecule has 0 saturated carbocycles. The number of nitrogens with zero attached hydrogens (tertiary/aromatic N) is 1. The van der Waals surface area contributed by atoms with Gasteiger partial charge in [0.15, 0.2) is 0 Å². The molecule has 5 heteroatoms. The topological polar surface area (TPSA) is 29.5 Å². The van der Waals surface area contributed by atoms with Gasteiger partial charge in [0.05, 0.1) is 6.61 Å². The van der Waals surface area contributed by atoms with Crippen LogP contribution < -0.4 is 0 Å². The molecule has 0 spiro atoms. The van der Waals surface area contributed by atoms with Gasteiger partial charge in [0.25, 0.3) is 0 Å². The monoisotopic (exact) mass is 341 g/mol. The first-order valence-corrected chi connectivity index (χ1v) is 8.63. The minimum Gasteiger partial charge on any atom is -0.454 e. The Morgan fingerprint density at radius 1 is 0.857 bits per heavy atom. The van der Waals surface area contributed by atoms with E-state index in [1.807, 2.05) is 0 Å². The second kappa shape index (κ2) is 18.1. The van der Waals surface area contributed by atoms with Gasteiger partial charge in [-0.15, -0.1) is 12.4 Å². The second-order valence-electron chi connectivity index (χ2n) is 5.29. The van der Waals surface area contributed by atoms with E-state index in [0.29, 0.717) is 6.61 Å². The fourth-order valence-electron chi connectivity index (χ4n) is 2.37. The van der Waals surface area contributed by atoms with Gasteiger partial charge >= 0.3 is 5.43 Å². The van der Waals surface area contributed by atoms with Crippen molar-refractivity contribution in [3.05, 3.63) is 0 Å². The first-order valence-electron chi connectivity index (χ1n) is 8.25. The van der Waals surface area contributed by atoms with E-state index in [1.54, 1.807) is 0 Å². The smallest absolute Gasteiger partial charge is 0.403 e. The lowest BCUT2D eigenvalue weighted by Crippen LogP contribution is -2.23. The molecule has 0 radical (unpaired) electrons. The molecule has 3 nitrogen and oxygen atoms in total. The third-order valence-corrected chi connectivity index (χ3v) is 3.84. The highest BCUT2D eigenvalue weighted by atomic mass is 35.5. The maximum atomic E-state index is 10.3. The summed E-state index contributed by atoms with van der Waals surface area (Å²) in [6.07, 6.45) is 11.4. The normalized spacial score (nSPS) is 10.5. The van der Waals surface area contributed by atoms with Crippen molar-refractivity contribution in [1.82, 2.24) is 4.90 Å². The van der Waals surface area contributed by atoms with Gasteiger partial charge in [0.2, 0.25) is 0 Å². The number of rotatable bonds is 14.